The molecule has 2 aromatic heterocycles. The van der Waals surface area contributed by atoms with E-state index < -0.39 is 0 Å². The third-order valence-corrected chi connectivity index (χ3v) is 2.78. The minimum Gasteiger partial charge on any atom is -0.353 e. The van der Waals surface area contributed by atoms with Crippen molar-refractivity contribution in [2.45, 2.75) is 26.3 Å². The number of aromatic amines is 1. The van der Waals surface area contributed by atoms with E-state index in [1.807, 2.05) is 6.07 Å². The monoisotopic (exact) mass is 250 g/mol. The molecule has 18 heavy (non-hydrogen) atoms. The zero-order chi connectivity index (χ0) is 13.1. The lowest BCUT2D eigenvalue weighted by Gasteiger charge is -2.27. The second kappa shape index (κ2) is 5.18. The Labute approximate surface area is 105 Å². The van der Waals surface area contributed by atoms with E-state index in [1.165, 1.54) is 4.52 Å². The van der Waals surface area contributed by atoms with E-state index in [2.05, 4.69) is 34.0 Å². The molecule has 7 heteroatoms. The Bertz CT molecular complexity index is 572. The molecule has 0 aliphatic rings. The molecule has 0 bridgehead atoms. The van der Waals surface area contributed by atoms with Crippen LogP contribution in [0.4, 0.5) is 5.82 Å². The summed E-state index contributed by atoms with van der Waals surface area (Å²) in [6.45, 7) is 5.62. The first-order valence-electron chi connectivity index (χ1n) is 6.04. The summed E-state index contributed by atoms with van der Waals surface area (Å²) in [5.74, 6) is 0.759. The average molecular weight is 250 g/mol. The molecule has 3 N–H and O–H groups in total. The van der Waals surface area contributed by atoms with Crippen LogP contribution in [-0.4, -0.2) is 38.9 Å². The zero-order valence-electron chi connectivity index (χ0n) is 10.6. The summed E-state index contributed by atoms with van der Waals surface area (Å²) in [7, 11) is 0. The van der Waals surface area contributed by atoms with Crippen LogP contribution in [0.5, 0.6) is 0 Å². The van der Waals surface area contributed by atoms with E-state index in [-0.39, 0.29) is 5.69 Å². The average Bonchev–Trinajstić information content (AvgIpc) is 2.71. The third-order valence-electron chi connectivity index (χ3n) is 2.78. The smallest absolute Gasteiger partial charge is 0.353 e. The first kappa shape index (κ1) is 12.6. The van der Waals surface area contributed by atoms with E-state index >= 15 is 0 Å². The van der Waals surface area contributed by atoms with Gasteiger partial charge in [-0.1, -0.05) is 0 Å². The fraction of sp³-hybridized carbons (Fsp3) is 0.545. The third kappa shape index (κ3) is 2.35. The van der Waals surface area contributed by atoms with Crippen LogP contribution in [0.25, 0.3) is 5.65 Å². The van der Waals surface area contributed by atoms with Crippen LogP contribution in [0.1, 0.15) is 20.3 Å². The largest absolute Gasteiger partial charge is 0.364 e. The van der Waals surface area contributed by atoms with Gasteiger partial charge in [-0.2, -0.15) is 9.61 Å². The molecular formula is C11H18N6O. The van der Waals surface area contributed by atoms with Gasteiger partial charge in [-0.05, 0) is 38.9 Å². The molecule has 2 rings (SSSR count). The maximum Gasteiger partial charge on any atom is 0.364 e. The Morgan fingerprint density at radius 3 is 2.94 bits per heavy atom. The summed E-state index contributed by atoms with van der Waals surface area (Å²) >= 11 is 0. The van der Waals surface area contributed by atoms with Crippen LogP contribution >= 0.6 is 0 Å². The number of fused-ring (bicyclic) bond motifs is 1. The molecule has 7 nitrogen and oxygen atoms in total. The molecule has 0 atom stereocenters. The SMILES string of the molecule is CC(C)N(CCCN)c1ccc2n[nH]c(=O)n2n1. The van der Waals surface area contributed by atoms with Crippen LogP contribution in [0, 0.1) is 0 Å². The van der Waals surface area contributed by atoms with Gasteiger partial charge in [0.1, 0.15) is 5.82 Å². The Morgan fingerprint density at radius 2 is 2.28 bits per heavy atom. The summed E-state index contributed by atoms with van der Waals surface area (Å²) in [4.78, 5) is 13.6. The van der Waals surface area contributed by atoms with E-state index in [4.69, 9.17) is 5.73 Å². The van der Waals surface area contributed by atoms with E-state index in [9.17, 15) is 4.79 Å². The van der Waals surface area contributed by atoms with Crippen molar-refractivity contribution in [1.29, 1.82) is 0 Å². The maximum absolute atomic E-state index is 11.5. The van der Waals surface area contributed by atoms with Gasteiger partial charge in [-0.25, -0.2) is 9.89 Å². The molecule has 0 saturated heterocycles. The van der Waals surface area contributed by atoms with Crippen molar-refractivity contribution >= 4 is 11.5 Å². The molecule has 98 valence electrons. The summed E-state index contributed by atoms with van der Waals surface area (Å²) in [6, 6.07) is 3.94. The molecule has 0 fully saturated rings. The van der Waals surface area contributed by atoms with Crippen molar-refractivity contribution in [1.82, 2.24) is 19.8 Å². The molecule has 0 aromatic carbocycles. The Hall–Kier alpha value is -1.89. The fourth-order valence-electron chi connectivity index (χ4n) is 1.85. The van der Waals surface area contributed by atoms with Gasteiger partial charge < -0.3 is 10.6 Å². The van der Waals surface area contributed by atoms with Crippen molar-refractivity contribution in [2.75, 3.05) is 18.0 Å². The molecule has 0 unspecified atom stereocenters. The predicted octanol–water partition coefficient (Wildman–Crippen LogP) is -0.0188. The first-order valence-corrected chi connectivity index (χ1v) is 6.04. The number of nitrogens with two attached hydrogens (primary N) is 1. The molecule has 2 aromatic rings. The van der Waals surface area contributed by atoms with Crippen LogP contribution < -0.4 is 16.3 Å². The minimum absolute atomic E-state index is 0.295. The first-order chi connectivity index (χ1) is 8.63. The Balaban J connectivity index is 2.37. The van der Waals surface area contributed by atoms with Gasteiger partial charge in [0.05, 0.1) is 0 Å². The predicted molar refractivity (Wildman–Crippen MR) is 69.8 cm³/mol. The van der Waals surface area contributed by atoms with Gasteiger partial charge in [-0.3, -0.25) is 0 Å². The zero-order valence-corrected chi connectivity index (χ0v) is 10.6. The van der Waals surface area contributed by atoms with Gasteiger partial charge in [0.25, 0.3) is 0 Å². The molecule has 0 aliphatic carbocycles. The van der Waals surface area contributed by atoms with Crippen LogP contribution in [0.3, 0.4) is 0 Å². The lowest BCUT2D eigenvalue weighted by atomic mass is 10.2. The highest BCUT2D eigenvalue weighted by molar-refractivity contribution is 5.45. The number of hydrogen-bond donors (Lipinski definition) is 2. The summed E-state index contributed by atoms with van der Waals surface area (Å²) in [5.41, 5.74) is 5.73. The van der Waals surface area contributed by atoms with Gasteiger partial charge in [-0.15, -0.1) is 5.10 Å². The summed E-state index contributed by atoms with van der Waals surface area (Å²) in [6.07, 6.45) is 0.887. The van der Waals surface area contributed by atoms with Gasteiger partial charge in [0, 0.05) is 12.6 Å². The Morgan fingerprint density at radius 1 is 1.50 bits per heavy atom. The molecule has 0 radical (unpaired) electrons. The molecule has 0 aliphatic heterocycles. The van der Waals surface area contributed by atoms with Gasteiger partial charge in [0.15, 0.2) is 5.65 Å². The highest BCUT2D eigenvalue weighted by Gasteiger charge is 2.13. The van der Waals surface area contributed by atoms with E-state index in [1.54, 1.807) is 6.07 Å². The van der Waals surface area contributed by atoms with Gasteiger partial charge in [0.2, 0.25) is 0 Å². The van der Waals surface area contributed by atoms with Crippen LogP contribution in [-0.2, 0) is 0 Å². The fourth-order valence-corrected chi connectivity index (χ4v) is 1.85. The quantitative estimate of drug-likeness (QED) is 0.778. The van der Waals surface area contributed by atoms with E-state index in [0.29, 0.717) is 18.2 Å². The van der Waals surface area contributed by atoms with Crippen LogP contribution in [0.2, 0.25) is 0 Å². The van der Waals surface area contributed by atoms with E-state index in [0.717, 1.165) is 18.8 Å². The van der Waals surface area contributed by atoms with Gasteiger partial charge >= 0.3 is 5.69 Å². The maximum atomic E-state index is 11.5. The Kier molecular flexibility index (Phi) is 3.61. The molecular weight excluding hydrogens is 232 g/mol. The standard InChI is InChI=1S/C11H18N6O/c1-8(2)16(7-3-6-12)10-5-4-9-13-14-11(18)17(9)15-10/h4-5,8H,3,6-7,12H2,1-2H3,(H,14,18). The number of rotatable bonds is 5. The summed E-state index contributed by atoms with van der Waals surface area (Å²) < 4.78 is 1.27. The van der Waals surface area contributed by atoms with Crippen molar-refractivity contribution < 1.29 is 0 Å². The number of H-pyrrole nitrogens is 1. The van der Waals surface area contributed by atoms with Crippen molar-refractivity contribution in [2.24, 2.45) is 5.73 Å². The van der Waals surface area contributed by atoms with Crippen LogP contribution in [0.15, 0.2) is 16.9 Å². The highest BCUT2D eigenvalue weighted by Crippen LogP contribution is 2.13. The number of hydrogen-bond acceptors (Lipinski definition) is 5. The number of anilines is 1. The number of nitrogens with zero attached hydrogens (tertiary/aromatic N) is 4. The summed E-state index contributed by atoms with van der Waals surface area (Å²) in [5, 5.41) is 10.5. The normalized spacial score (nSPS) is 11.3. The number of aromatic nitrogens is 4. The topological polar surface area (TPSA) is 92.3 Å². The minimum atomic E-state index is -0.325. The van der Waals surface area contributed by atoms with Crippen molar-refractivity contribution in [3.05, 3.63) is 22.6 Å². The number of nitrogens with one attached hydrogen (secondary N) is 1. The molecule has 0 saturated carbocycles. The highest BCUT2D eigenvalue weighted by atomic mass is 16.2. The van der Waals surface area contributed by atoms with Crippen molar-refractivity contribution in [3.8, 4) is 0 Å². The second-order valence-corrected chi connectivity index (χ2v) is 4.42. The lowest BCUT2D eigenvalue weighted by molar-refractivity contribution is 0.640. The molecule has 0 spiro atoms. The molecule has 2 heterocycles. The lowest BCUT2D eigenvalue weighted by Crippen LogP contribution is -2.34. The van der Waals surface area contributed by atoms with Crippen molar-refractivity contribution in [3.63, 3.8) is 0 Å². The molecule has 0 amide bonds. The second-order valence-electron chi connectivity index (χ2n) is 4.42.